The molecule has 0 amide bonds. The van der Waals surface area contributed by atoms with Gasteiger partial charge in [-0.1, -0.05) is 54.6 Å². The molecule has 0 radical (unpaired) electrons. The SMILES string of the molecule is COc1cccc2c1ccc1ccc3c(C)cccc3c12. The number of hydrogen-bond acceptors (Lipinski definition) is 1. The molecule has 0 heterocycles. The van der Waals surface area contributed by atoms with E-state index in [1.807, 2.05) is 6.07 Å². The van der Waals surface area contributed by atoms with Gasteiger partial charge in [0.05, 0.1) is 7.11 Å². The van der Waals surface area contributed by atoms with Crippen molar-refractivity contribution < 1.29 is 4.74 Å². The molecule has 0 spiro atoms. The van der Waals surface area contributed by atoms with Gasteiger partial charge in [0, 0.05) is 5.39 Å². The number of fused-ring (bicyclic) bond motifs is 5. The van der Waals surface area contributed by atoms with Gasteiger partial charge in [-0.2, -0.15) is 0 Å². The topological polar surface area (TPSA) is 9.23 Å². The number of rotatable bonds is 1. The summed E-state index contributed by atoms with van der Waals surface area (Å²) >= 11 is 0. The summed E-state index contributed by atoms with van der Waals surface area (Å²) in [6, 6.07) is 21.5. The first kappa shape index (κ1) is 12.2. The lowest BCUT2D eigenvalue weighted by molar-refractivity contribution is 0.420. The minimum atomic E-state index is 0.930. The van der Waals surface area contributed by atoms with Gasteiger partial charge in [-0.25, -0.2) is 0 Å². The maximum absolute atomic E-state index is 5.51. The second-order valence-corrected chi connectivity index (χ2v) is 5.45. The van der Waals surface area contributed by atoms with E-state index >= 15 is 0 Å². The molecule has 0 aliphatic heterocycles. The van der Waals surface area contributed by atoms with E-state index in [1.54, 1.807) is 7.11 Å². The summed E-state index contributed by atoms with van der Waals surface area (Å²) in [7, 11) is 1.73. The predicted octanol–water partition coefficient (Wildman–Crippen LogP) is 5.46. The van der Waals surface area contributed by atoms with Gasteiger partial charge in [0.25, 0.3) is 0 Å². The van der Waals surface area contributed by atoms with Gasteiger partial charge in [0.2, 0.25) is 0 Å². The zero-order valence-electron chi connectivity index (χ0n) is 12.2. The average Bonchev–Trinajstić information content (AvgIpc) is 2.53. The van der Waals surface area contributed by atoms with E-state index in [-0.39, 0.29) is 0 Å². The first-order valence-electron chi connectivity index (χ1n) is 7.17. The van der Waals surface area contributed by atoms with Gasteiger partial charge in [-0.3, -0.25) is 0 Å². The molecule has 0 bridgehead atoms. The molecular formula is C20H16O. The van der Waals surface area contributed by atoms with Gasteiger partial charge in [-0.05, 0) is 45.5 Å². The number of ether oxygens (including phenoxy) is 1. The second kappa shape index (κ2) is 4.49. The number of hydrogen-bond donors (Lipinski definition) is 0. The Morgan fingerprint density at radius 3 is 2.10 bits per heavy atom. The Labute approximate surface area is 123 Å². The highest BCUT2D eigenvalue weighted by atomic mass is 16.5. The zero-order chi connectivity index (χ0) is 14.4. The largest absolute Gasteiger partial charge is 0.496 e. The molecule has 0 aromatic heterocycles. The Morgan fingerprint density at radius 1 is 0.667 bits per heavy atom. The fourth-order valence-electron chi connectivity index (χ4n) is 3.26. The molecule has 0 saturated carbocycles. The van der Waals surface area contributed by atoms with Crippen molar-refractivity contribution in [1.82, 2.24) is 0 Å². The van der Waals surface area contributed by atoms with Crippen LogP contribution in [-0.2, 0) is 0 Å². The van der Waals surface area contributed by atoms with Gasteiger partial charge >= 0.3 is 0 Å². The number of benzene rings is 4. The predicted molar refractivity (Wildman–Crippen MR) is 90.2 cm³/mol. The fourth-order valence-corrected chi connectivity index (χ4v) is 3.26. The molecule has 0 N–H and O–H groups in total. The molecule has 1 heteroatoms. The molecule has 0 aliphatic rings. The Balaban J connectivity index is 2.31. The Morgan fingerprint density at radius 2 is 1.33 bits per heavy atom. The van der Waals surface area contributed by atoms with Crippen LogP contribution in [0.1, 0.15) is 5.56 Å². The van der Waals surface area contributed by atoms with Gasteiger partial charge in [-0.15, -0.1) is 0 Å². The standard InChI is InChI=1S/C20H16O/c1-13-5-3-6-17-15(13)11-9-14-10-12-16-18(20(14)17)7-4-8-19(16)21-2/h3-12H,1-2H3. The van der Waals surface area contributed by atoms with Crippen LogP contribution >= 0.6 is 0 Å². The van der Waals surface area contributed by atoms with Crippen molar-refractivity contribution in [1.29, 1.82) is 0 Å². The summed E-state index contributed by atoms with van der Waals surface area (Å²) in [6.07, 6.45) is 0. The molecular weight excluding hydrogens is 256 g/mol. The summed E-state index contributed by atoms with van der Waals surface area (Å²) in [5, 5.41) is 7.64. The van der Waals surface area contributed by atoms with Crippen molar-refractivity contribution in [2.24, 2.45) is 0 Å². The lowest BCUT2D eigenvalue weighted by Gasteiger charge is -2.11. The maximum atomic E-state index is 5.51. The van der Waals surface area contributed by atoms with E-state index in [4.69, 9.17) is 4.74 Å². The quantitative estimate of drug-likeness (QED) is 0.418. The van der Waals surface area contributed by atoms with E-state index in [0.717, 1.165) is 5.75 Å². The fraction of sp³-hybridized carbons (Fsp3) is 0.100. The first-order chi connectivity index (χ1) is 10.3. The highest BCUT2D eigenvalue weighted by Crippen LogP contribution is 2.36. The smallest absolute Gasteiger partial charge is 0.126 e. The molecule has 0 aliphatic carbocycles. The third-order valence-electron chi connectivity index (χ3n) is 4.30. The average molecular weight is 272 g/mol. The van der Waals surface area contributed by atoms with Crippen molar-refractivity contribution >= 4 is 32.3 Å². The van der Waals surface area contributed by atoms with Crippen LogP contribution in [0, 0.1) is 6.92 Å². The Kier molecular flexibility index (Phi) is 2.61. The summed E-state index contributed by atoms with van der Waals surface area (Å²) in [4.78, 5) is 0. The Hall–Kier alpha value is -2.54. The van der Waals surface area contributed by atoms with Crippen LogP contribution in [0.3, 0.4) is 0 Å². The van der Waals surface area contributed by atoms with Gasteiger partial charge < -0.3 is 4.74 Å². The maximum Gasteiger partial charge on any atom is 0.126 e. The summed E-state index contributed by atoms with van der Waals surface area (Å²) in [6.45, 7) is 2.17. The van der Waals surface area contributed by atoms with E-state index in [9.17, 15) is 0 Å². The lowest BCUT2D eigenvalue weighted by atomic mass is 9.94. The van der Waals surface area contributed by atoms with Crippen LogP contribution in [0.15, 0.2) is 60.7 Å². The van der Waals surface area contributed by atoms with E-state index in [1.165, 1.54) is 37.9 Å². The van der Waals surface area contributed by atoms with Crippen molar-refractivity contribution in [3.63, 3.8) is 0 Å². The van der Waals surface area contributed by atoms with Crippen LogP contribution in [0.25, 0.3) is 32.3 Å². The first-order valence-corrected chi connectivity index (χ1v) is 7.17. The zero-order valence-corrected chi connectivity index (χ0v) is 12.2. The van der Waals surface area contributed by atoms with Crippen molar-refractivity contribution in [3.8, 4) is 5.75 Å². The van der Waals surface area contributed by atoms with Crippen molar-refractivity contribution in [3.05, 3.63) is 66.2 Å². The molecule has 0 unspecified atom stereocenters. The molecule has 4 aromatic rings. The molecule has 102 valence electrons. The molecule has 4 aromatic carbocycles. The number of aryl methyl sites for hydroxylation is 1. The Bertz CT molecular complexity index is 983. The van der Waals surface area contributed by atoms with Crippen LogP contribution < -0.4 is 4.74 Å². The second-order valence-electron chi connectivity index (χ2n) is 5.45. The molecule has 0 saturated heterocycles. The van der Waals surface area contributed by atoms with E-state index < -0.39 is 0 Å². The highest BCUT2D eigenvalue weighted by Gasteiger charge is 2.08. The van der Waals surface area contributed by atoms with Crippen LogP contribution in [-0.4, -0.2) is 7.11 Å². The highest BCUT2D eigenvalue weighted by molar-refractivity contribution is 6.21. The van der Waals surface area contributed by atoms with Gasteiger partial charge in [0.15, 0.2) is 0 Å². The normalized spacial score (nSPS) is 11.3. The minimum absolute atomic E-state index is 0.930. The van der Waals surface area contributed by atoms with Crippen LogP contribution in [0.4, 0.5) is 0 Å². The minimum Gasteiger partial charge on any atom is -0.496 e. The molecule has 1 nitrogen and oxygen atoms in total. The summed E-state index contributed by atoms with van der Waals surface area (Å²) < 4.78 is 5.51. The molecule has 4 rings (SSSR count). The lowest BCUT2D eigenvalue weighted by Crippen LogP contribution is -1.87. The number of methoxy groups -OCH3 is 1. The summed E-state index contributed by atoms with van der Waals surface area (Å²) in [5.74, 6) is 0.930. The van der Waals surface area contributed by atoms with Gasteiger partial charge in [0.1, 0.15) is 5.75 Å². The summed E-state index contributed by atoms with van der Waals surface area (Å²) in [5.41, 5.74) is 1.31. The third kappa shape index (κ3) is 1.71. The monoisotopic (exact) mass is 272 g/mol. The van der Waals surface area contributed by atoms with E-state index in [2.05, 4.69) is 61.5 Å². The molecule has 21 heavy (non-hydrogen) atoms. The van der Waals surface area contributed by atoms with E-state index in [0.29, 0.717) is 0 Å². The molecule has 0 atom stereocenters. The van der Waals surface area contributed by atoms with Crippen molar-refractivity contribution in [2.75, 3.05) is 7.11 Å². The van der Waals surface area contributed by atoms with Crippen LogP contribution in [0.2, 0.25) is 0 Å². The molecule has 0 fully saturated rings. The third-order valence-corrected chi connectivity index (χ3v) is 4.30. The van der Waals surface area contributed by atoms with Crippen LogP contribution in [0.5, 0.6) is 5.75 Å². The van der Waals surface area contributed by atoms with Crippen molar-refractivity contribution in [2.45, 2.75) is 6.92 Å².